The first-order valence-corrected chi connectivity index (χ1v) is 10.8. The fourth-order valence-corrected chi connectivity index (χ4v) is 4.32. The number of halogens is 3. The van der Waals surface area contributed by atoms with Crippen molar-refractivity contribution >= 4 is 6.09 Å². The average Bonchev–Trinajstić information content (AvgIpc) is 3.54. The third kappa shape index (κ3) is 5.36. The molecule has 3 heterocycles. The smallest absolute Gasteiger partial charge is 0.472 e. The molecule has 1 unspecified atom stereocenters. The minimum Gasteiger partial charge on any atom is -0.472 e. The molecular weight excluding hydrogens is 441 g/mol. The Balaban J connectivity index is 1.25. The van der Waals surface area contributed by atoms with Gasteiger partial charge in [0.2, 0.25) is 5.88 Å². The molecular formula is C22H23F3N4O4. The molecule has 11 heteroatoms. The molecule has 3 atom stereocenters. The van der Waals surface area contributed by atoms with Crippen LogP contribution in [-0.4, -0.2) is 70.2 Å². The van der Waals surface area contributed by atoms with Crippen molar-refractivity contribution in [1.82, 2.24) is 19.8 Å². The van der Waals surface area contributed by atoms with Crippen LogP contribution >= 0.6 is 0 Å². The van der Waals surface area contributed by atoms with Gasteiger partial charge in [-0.15, -0.1) is 13.2 Å². The molecule has 5 rings (SSSR count). The third-order valence-corrected chi connectivity index (χ3v) is 6.02. The highest BCUT2D eigenvalue weighted by molar-refractivity contribution is 5.71. The molecule has 33 heavy (non-hydrogen) atoms. The Morgan fingerprint density at radius 1 is 1.03 bits per heavy atom. The number of benzene rings is 1. The zero-order chi connectivity index (χ0) is 23.0. The van der Waals surface area contributed by atoms with E-state index in [2.05, 4.69) is 14.7 Å². The first kappa shape index (κ1) is 21.9. The van der Waals surface area contributed by atoms with Crippen LogP contribution in [0.1, 0.15) is 30.9 Å². The topological polar surface area (TPSA) is 77.0 Å². The Kier molecular flexibility index (Phi) is 5.83. The molecule has 1 saturated carbocycles. The van der Waals surface area contributed by atoms with Crippen LogP contribution in [0, 0.1) is 0 Å². The summed E-state index contributed by atoms with van der Waals surface area (Å²) in [7, 11) is 0. The first-order valence-electron chi connectivity index (χ1n) is 10.8. The maximum atomic E-state index is 13.0. The first-order chi connectivity index (χ1) is 15.8. The number of carbonyl (C=O) groups excluding carboxylic acids is 1. The van der Waals surface area contributed by atoms with E-state index in [0.29, 0.717) is 24.8 Å². The Morgan fingerprint density at radius 2 is 1.82 bits per heavy atom. The quantitative estimate of drug-likeness (QED) is 0.670. The molecule has 1 aromatic heterocycles. The number of nitrogens with zero attached hydrogens (tertiary/aromatic N) is 4. The van der Waals surface area contributed by atoms with Gasteiger partial charge in [-0.1, -0.05) is 18.2 Å². The second kappa shape index (κ2) is 8.79. The van der Waals surface area contributed by atoms with Crippen molar-refractivity contribution in [3.8, 4) is 11.6 Å². The number of carbonyl (C=O) groups is 1. The minimum atomic E-state index is -4.89. The van der Waals surface area contributed by atoms with Gasteiger partial charge < -0.3 is 9.47 Å². The number of alkyl halides is 3. The summed E-state index contributed by atoms with van der Waals surface area (Å²) in [6.45, 7) is 0.314. The van der Waals surface area contributed by atoms with Gasteiger partial charge in [0.25, 0.3) is 0 Å². The molecule has 1 amide bonds. The van der Waals surface area contributed by atoms with Crippen LogP contribution in [0.5, 0.6) is 11.6 Å². The SMILES string of the molecule is O=C(Oc1ccccc1)N1C[C@@H]2C[C@@H](Oc3cnc(C4CC4)cn3)CN2CC1OC(F)(F)F. The van der Waals surface area contributed by atoms with Crippen molar-refractivity contribution in [3.63, 3.8) is 0 Å². The molecule has 176 valence electrons. The van der Waals surface area contributed by atoms with Gasteiger partial charge in [0.1, 0.15) is 11.9 Å². The van der Waals surface area contributed by atoms with E-state index in [-0.39, 0.29) is 31.0 Å². The highest BCUT2D eigenvalue weighted by Crippen LogP contribution is 2.38. The molecule has 2 saturated heterocycles. The summed E-state index contributed by atoms with van der Waals surface area (Å²) in [6, 6.07) is 8.01. The van der Waals surface area contributed by atoms with Crippen molar-refractivity contribution in [2.75, 3.05) is 19.6 Å². The van der Waals surface area contributed by atoms with E-state index < -0.39 is 18.7 Å². The monoisotopic (exact) mass is 464 g/mol. The summed E-state index contributed by atoms with van der Waals surface area (Å²) in [6.07, 6.45) is -1.51. The van der Waals surface area contributed by atoms with Crippen molar-refractivity contribution in [2.45, 2.75) is 49.9 Å². The van der Waals surface area contributed by atoms with Crippen LogP contribution in [0.3, 0.4) is 0 Å². The summed E-state index contributed by atoms with van der Waals surface area (Å²) in [5, 5.41) is 0. The van der Waals surface area contributed by atoms with E-state index >= 15 is 0 Å². The Labute approximate surface area is 188 Å². The van der Waals surface area contributed by atoms with Gasteiger partial charge in [-0.2, -0.15) is 0 Å². The van der Waals surface area contributed by atoms with Crippen LogP contribution in [0.15, 0.2) is 42.7 Å². The van der Waals surface area contributed by atoms with Crippen molar-refractivity contribution in [2.24, 2.45) is 0 Å². The van der Waals surface area contributed by atoms with Crippen molar-refractivity contribution < 1.29 is 32.2 Å². The van der Waals surface area contributed by atoms with Crippen molar-refractivity contribution in [3.05, 3.63) is 48.4 Å². The predicted octanol–water partition coefficient (Wildman–Crippen LogP) is 3.55. The van der Waals surface area contributed by atoms with Crippen LogP contribution in [0.4, 0.5) is 18.0 Å². The number of aromatic nitrogens is 2. The zero-order valence-electron chi connectivity index (χ0n) is 17.6. The number of fused-ring (bicyclic) bond motifs is 1. The fourth-order valence-electron chi connectivity index (χ4n) is 4.32. The summed E-state index contributed by atoms with van der Waals surface area (Å²) in [5.74, 6) is 1.11. The lowest BCUT2D eigenvalue weighted by Gasteiger charge is -2.42. The Hall–Kier alpha value is -2.92. The molecule has 1 aliphatic carbocycles. The molecule has 0 spiro atoms. The summed E-state index contributed by atoms with van der Waals surface area (Å²) >= 11 is 0. The second-order valence-electron chi connectivity index (χ2n) is 8.49. The van der Waals surface area contributed by atoms with Gasteiger partial charge in [0, 0.05) is 38.0 Å². The van der Waals surface area contributed by atoms with Crippen LogP contribution in [-0.2, 0) is 4.74 Å². The van der Waals surface area contributed by atoms with E-state index in [4.69, 9.17) is 9.47 Å². The Bertz CT molecular complexity index is 972. The van der Waals surface area contributed by atoms with E-state index in [1.807, 2.05) is 4.90 Å². The number of hydrogen-bond acceptors (Lipinski definition) is 7. The second-order valence-corrected chi connectivity index (χ2v) is 8.49. The van der Waals surface area contributed by atoms with Crippen molar-refractivity contribution in [1.29, 1.82) is 0 Å². The molecule has 2 aliphatic heterocycles. The van der Waals surface area contributed by atoms with Gasteiger partial charge in [0.05, 0.1) is 18.1 Å². The number of ether oxygens (including phenoxy) is 3. The summed E-state index contributed by atoms with van der Waals surface area (Å²) < 4.78 is 54.6. The predicted molar refractivity (Wildman–Crippen MR) is 109 cm³/mol. The molecule has 2 aromatic rings. The molecule has 0 N–H and O–H groups in total. The maximum absolute atomic E-state index is 13.0. The van der Waals surface area contributed by atoms with Gasteiger partial charge in [0.15, 0.2) is 6.23 Å². The lowest BCUT2D eigenvalue weighted by Crippen LogP contribution is -2.60. The third-order valence-electron chi connectivity index (χ3n) is 6.02. The molecule has 8 nitrogen and oxygen atoms in total. The zero-order valence-corrected chi connectivity index (χ0v) is 17.6. The van der Waals surface area contributed by atoms with Crippen LogP contribution in [0.25, 0.3) is 0 Å². The molecule has 0 radical (unpaired) electrons. The standard InChI is InChI=1S/C22H23F3N4O4/c23-22(24,25)33-20-13-28-12-17(31-19-10-26-18(9-27-19)14-6-7-14)8-15(28)11-29(20)21(30)32-16-4-2-1-3-5-16/h1-5,9-10,14-15,17,20H,6-8,11-13H2/t15-,17+,20?/m0/s1. The number of para-hydroxylation sites is 1. The number of rotatable bonds is 5. The highest BCUT2D eigenvalue weighted by Gasteiger charge is 2.47. The van der Waals surface area contributed by atoms with E-state index in [1.54, 1.807) is 42.7 Å². The van der Waals surface area contributed by atoms with Crippen LogP contribution < -0.4 is 9.47 Å². The molecule has 0 bridgehead atoms. The Morgan fingerprint density at radius 3 is 2.48 bits per heavy atom. The number of piperazine rings is 1. The van der Waals surface area contributed by atoms with Gasteiger partial charge in [-0.05, 0) is 25.0 Å². The normalized spacial score (nSPS) is 25.5. The molecule has 1 aromatic carbocycles. The average molecular weight is 464 g/mol. The highest BCUT2D eigenvalue weighted by atomic mass is 19.4. The van der Waals surface area contributed by atoms with Crippen LogP contribution in [0.2, 0.25) is 0 Å². The van der Waals surface area contributed by atoms with E-state index in [1.165, 1.54) is 0 Å². The lowest BCUT2D eigenvalue weighted by molar-refractivity contribution is -0.361. The van der Waals surface area contributed by atoms with E-state index in [9.17, 15) is 18.0 Å². The fraction of sp³-hybridized carbons (Fsp3) is 0.500. The molecule has 3 fully saturated rings. The summed E-state index contributed by atoms with van der Waals surface area (Å²) in [4.78, 5) is 24.2. The lowest BCUT2D eigenvalue weighted by atomic mass is 10.1. The minimum absolute atomic E-state index is 0.0264. The van der Waals surface area contributed by atoms with Gasteiger partial charge >= 0.3 is 12.5 Å². The van der Waals surface area contributed by atoms with E-state index in [0.717, 1.165) is 23.4 Å². The largest absolute Gasteiger partial charge is 0.524 e. The number of amides is 1. The van der Waals surface area contributed by atoms with Gasteiger partial charge in [-0.3, -0.25) is 19.5 Å². The van der Waals surface area contributed by atoms with Gasteiger partial charge in [-0.25, -0.2) is 9.78 Å². The summed E-state index contributed by atoms with van der Waals surface area (Å²) in [5.41, 5.74) is 0.950. The molecule has 3 aliphatic rings. The number of hydrogen-bond donors (Lipinski definition) is 0. The maximum Gasteiger partial charge on any atom is 0.524 e.